The van der Waals surface area contributed by atoms with Gasteiger partial charge >= 0.3 is 5.97 Å². The van der Waals surface area contributed by atoms with Crippen LogP contribution in [0.1, 0.15) is 32.6 Å². The number of ether oxygens (including phenoxy) is 2. The average molecular weight is 170 g/mol. The summed E-state index contributed by atoms with van der Waals surface area (Å²) in [5.74, 6) is -0.196. The molecular formula is C9H14O3. The zero-order valence-electron chi connectivity index (χ0n) is 7.29. The molecule has 68 valence electrons. The molecule has 3 atom stereocenters. The zero-order valence-corrected chi connectivity index (χ0v) is 7.29. The molecule has 2 rings (SSSR count). The van der Waals surface area contributed by atoms with Crippen LogP contribution in [-0.4, -0.2) is 24.3 Å². The van der Waals surface area contributed by atoms with Crippen LogP contribution in [0, 0.1) is 0 Å². The Morgan fingerprint density at radius 3 is 2.67 bits per heavy atom. The Morgan fingerprint density at radius 2 is 1.92 bits per heavy atom. The van der Waals surface area contributed by atoms with Gasteiger partial charge in [-0.25, -0.2) is 4.79 Å². The van der Waals surface area contributed by atoms with E-state index in [2.05, 4.69) is 0 Å². The fourth-order valence-corrected chi connectivity index (χ4v) is 1.92. The minimum atomic E-state index is -0.357. The molecule has 1 aliphatic carbocycles. The van der Waals surface area contributed by atoms with E-state index >= 15 is 0 Å². The standard InChI is InChI=1S/C9H14O3/c1-6-9(10)12-8-5-3-2-4-7(8)11-6/h6-8H,2-5H2,1H3/t6-,7+,8+/m0/s1. The molecule has 3 heteroatoms. The summed E-state index contributed by atoms with van der Waals surface area (Å²) in [5, 5.41) is 0. The van der Waals surface area contributed by atoms with Gasteiger partial charge in [0.25, 0.3) is 0 Å². The summed E-state index contributed by atoms with van der Waals surface area (Å²) >= 11 is 0. The van der Waals surface area contributed by atoms with Crippen LogP contribution >= 0.6 is 0 Å². The van der Waals surface area contributed by atoms with E-state index in [1.54, 1.807) is 6.92 Å². The van der Waals surface area contributed by atoms with Crippen LogP contribution in [0.4, 0.5) is 0 Å². The Kier molecular flexibility index (Phi) is 2.05. The molecule has 0 radical (unpaired) electrons. The Bertz CT molecular complexity index is 190. The number of rotatable bonds is 0. The number of carbonyl (C=O) groups is 1. The maximum atomic E-state index is 11.1. The number of fused-ring (bicyclic) bond motifs is 1. The lowest BCUT2D eigenvalue weighted by atomic mass is 9.93. The third-order valence-corrected chi connectivity index (χ3v) is 2.62. The molecule has 1 aliphatic heterocycles. The predicted molar refractivity (Wildman–Crippen MR) is 42.7 cm³/mol. The molecule has 1 heterocycles. The van der Waals surface area contributed by atoms with Crippen molar-refractivity contribution in [1.82, 2.24) is 0 Å². The van der Waals surface area contributed by atoms with Crippen molar-refractivity contribution in [3.05, 3.63) is 0 Å². The Balaban J connectivity index is 2.02. The van der Waals surface area contributed by atoms with Gasteiger partial charge < -0.3 is 9.47 Å². The van der Waals surface area contributed by atoms with E-state index in [4.69, 9.17) is 9.47 Å². The van der Waals surface area contributed by atoms with Crippen LogP contribution in [-0.2, 0) is 14.3 Å². The highest BCUT2D eigenvalue weighted by molar-refractivity contribution is 5.75. The van der Waals surface area contributed by atoms with E-state index in [9.17, 15) is 4.79 Å². The van der Waals surface area contributed by atoms with Gasteiger partial charge in [-0.3, -0.25) is 0 Å². The average Bonchev–Trinajstić information content (AvgIpc) is 2.07. The van der Waals surface area contributed by atoms with Crippen molar-refractivity contribution in [2.45, 2.75) is 50.9 Å². The Morgan fingerprint density at radius 1 is 1.25 bits per heavy atom. The smallest absolute Gasteiger partial charge is 0.335 e. The van der Waals surface area contributed by atoms with Gasteiger partial charge in [-0.1, -0.05) is 6.42 Å². The van der Waals surface area contributed by atoms with Gasteiger partial charge in [-0.2, -0.15) is 0 Å². The topological polar surface area (TPSA) is 35.5 Å². The van der Waals surface area contributed by atoms with Crippen LogP contribution in [0.15, 0.2) is 0 Å². The van der Waals surface area contributed by atoms with Crippen molar-refractivity contribution < 1.29 is 14.3 Å². The monoisotopic (exact) mass is 170 g/mol. The maximum Gasteiger partial charge on any atom is 0.335 e. The lowest BCUT2D eigenvalue weighted by molar-refractivity contribution is -0.203. The number of hydrogen-bond acceptors (Lipinski definition) is 3. The van der Waals surface area contributed by atoms with Gasteiger partial charge in [0, 0.05) is 0 Å². The van der Waals surface area contributed by atoms with E-state index in [0.29, 0.717) is 0 Å². The molecule has 0 aromatic carbocycles. The third kappa shape index (κ3) is 1.33. The SMILES string of the molecule is C[C@@H]1O[C@@H]2CCCC[C@H]2OC1=O. The molecule has 0 aromatic rings. The minimum Gasteiger partial charge on any atom is -0.458 e. The summed E-state index contributed by atoms with van der Waals surface area (Å²) < 4.78 is 10.8. The quantitative estimate of drug-likeness (QED) is 0.513. The fourth-order valence-electron chi connectivity index (χ4n) is 1.92. The van der Waals surface area contributed by atoms with Gasteiger partial charge in [-0.15, -0.1) is 0 Å². The van der Waals surface area contributed by atoms with Crippen molar-refractivity contribution in [3.63, 3.8) is 0 Å². The van der Waals surface area contributed by atoms with Gasteiger partial charge in [0.2, 0.25) is 0 Å². The van der Waals surface area contributed by atoms with E-state index in [-0.39, 0.29) is 24.3 Å². The van der Waals surface area contributed by atoms with E-state index < -0.39 is 0 Å². The molecular weight excluding hydrogens is 156 g/mol. The summed E-state index contributed by atoms with van der Waals surface area (Å²) in [6, 6.07) is 0. The lowest BCUT2D eigenvalue weighted by Crippen LogP contribution is -2.47. The molecule has 2 aliphatic rings. The largest absolute Gasteiger partial charge is 0.458 e. The van der Waals surface area contributed by atoms with Crippen molar-refractivity contribution in [3.8, 4) is 0 Å². The molecule has 0 N–H and O–H groups in total. The first-order chi connectivity index (χ1) is 5.77. The Labute approximate surface area is 72.0 Å². The van der Waals surface area contributed by atoms with Crippen LogP contribution in [0.2, 0.25) is 0 Å². The molecule has 0 spiro atoms. The normalized spacial score (nSPS) is 41.8. The van der Waals surface area contributed by atoms with Gasteiger partial charge in [0.15, 0.2) is 6.10 Å². The highest BCUT2D eigenvalue weighted by atomic mass is 16.6. The fraction of sp³-hybridized carbons (Fsp3) is 0.889. The van der Waals surface area contributed by atoms with Crippen molar-refractivity contribution in [2.24, 2.45) is 0 Å². The highest BCUT2D eigenvalue weighted by Gasteiger charge is 2.37. The summed E-state index contributed by atoms with van der Waals surface area (Å²) in [6.07, 6.45) is 4.24. The summed E-state index contributed by atoms with van der Waals surface area (Å²) in [5.41, 5.74) is 0. The van der Waals surface area contributed by atoms with Crippen molar-refractivity contribution >= 4 is 5.97 Å². The second-order valence-corrected chi connectivity index (χ2v) is 3.58. The first-order valence-electron chi connectivity index (χ1n) is 4.63. The van der Waals surface area contributed by atoms with Gasteiger partial charge in [-0.05, 0) is 26.2 Å². The summed E-state index contributed by atoms with van der Waals surface area (Å²) in [6.45, 7) is 1.76. The highest BCUT2D eigenvalue weighted by Crippen LogP contribution is 2.28. The van der Waals surface area contributed by atoms with Gasteiger partial charge in [0.1, 0.15) is 6.10 Å². The summed E-state index contributed by atoms with van der Waals surface area (Å²) in [4.78, 5) is 11.1. The van der Waals surface area contributed by atoms with E-state index in [0.717, 1.165) is 19.3 Å². The molecule has 3 nitrogen and oxygen atoms in total. The van der Waals surface area contributed by atoms with Gasteiger partial charge in [0.05, 0.1) is 6.10 Å². The van der Waals surface area contributed by atoms with Crippen molar-refractivity contribution in [2.75, 3.05) is 0 Å². The minimum absolute atomic E-state index is 0.0439. The second kappa shape index (κ2) is 3.05. The molecule has 1 saturated carbocycles. The third-order valence-electron chi connectivity index (χ3n) is 2.62. The first kappa shape index (κ1) is 8.05. The van der Waals surface area contributed by atoms with Crippen molar-refractivity contribution in [1.29, 1.82) is 0 Å². The maximum absolute atomic E-state index is 11.1. The van der Waals surface area contributed by atoms with Crippen LogP contribution in [0.25, 0.3) is 0 Å². The van der Waals surface area contributed by atoms with E-state index in [1.165, 1.54) is 6.42 Å². The molecule has 1 saturated heterocycles. The van der Waals surface area contributed by atoms with Crippen LogP contribution in [0.3, 0.4) is 0 Å². The molecule has 12 heavy (non-hydrogen) atoms. The molecule has 0 bridgehead atoms. The molecule has 0 unspecified atom stereocenters. The molecule has 2 fully saturated rings. The van der Waals surface area contributed by atoms with Crippen LogP contribution in [0.5, 0.6) is 0 Å². The van der Waals surface area contributed by atoms with Crippen LogP contribution < -0.4 is 0 Å². The zero-order chi connectivity index (χ0) is 8.55. The first-order valence-corrected chi connectivity index (χ1v) is 4.63. The number of carbonyl (C=O) groups excluding carboxylic acids is 1. The predicted octanol–water partition coefficient (Wildman–Crippen LogP) is 1.26. The molecule has 0 aromatic heterocycles. The Hall–Kier alpha value is -0.570. The number of hydrogen-bond donors (Lipinski definition) is 0. The number of esters is 1. The lowest BCUT2D eigenvalue weighted by Gasteiger charge is -2.37. The summed E-state index contributed by atoms with van der Waals surface area (Å²) in [7, 11) is 0. The second-order valence-electron chi connectivity index (χ2n) is 3.58. The van der Waals surface area contributed by atoms with E-state index in [1.807, 2.05) is 0 Å². The molecule has 0 amide bonds.